The molecule has 7 nitrogen and oxygen atoms in total. The highest BCUT2D eigenvalue weighted by Gasteiger charge is 2.40. The number of hydrogen-bond acceptors (Lipinski definition) is 4. The van der Waals surface area contributed by atoms with Gasteiger partial charge in [-0.2, -0.15) is 13.2 Å². The monoisotopic (exact) mass is 475 g/mol. The Labute approximate surface area is 194 Å². The van der Waals surface area contributed by atoms with Crippen molar-refractivity contribution in [1.82, 2.24) is 15.1 Å². The highest BCUT2D eigenvalue weighted by molar-refractivity contribution is 5.79. The summed E-state index contributed by atoms with van der Waals surface area (Å²) in [6, 6.07) is 11.7. The van der Waals surface area contributed by atoms with E-state index in [4.69, 9.17) is 9.47 Å². The summed E-state index contributed by atoms with van der Waals surface area (Å²) in [5.41, 5.74) is 0.274. The quantitative estimate of drug-likeness (QED) is 0.737. The Morgan fingerprint density at radius 1 is 1.03 bits per heavy atom. The number of benzene rings is 2. The molecule has 3 saturated heterocycles. The largest absolute Gasteiger partial charge is 0.457 e. The zero-order chi connectivity index (χ0) is 23.9. The molecule has 2 aromatic rings. The van der Waals surface area contributed by atoms with Crippen LogP contribution in [0.15, 0.2) is 48.5 Å². The minimum absolute atomic E-state index is 0.0393. The van der Waals surface area contributed by atoms with E-state index in [9.17, 15) is 22.8 Å². The normalized spacial score (nSPS) is 23.1. The number of urea groups is 1. The van der Waals surface area contributed by atoms with Crippen LogP contribution in [0.3, 0.4) is 0 Å². The van der Waals surface area contributed by atoms with E-state index in [2.05, 4.69) is 5.32 Å². The molecule has 5 rings (SSSR count). The van der Waals surface area contributed by atoms with Crippen molar-refractivity contribution < 1.29 is 32.2 Å². The van der Waals surface area contributed by atoms with Crippen LogP contribution < -0.4 is 10.1 Å². The van der Waals surface area contributed by atoms with Crippen LogP contribution in [0.5, 0.6) is 11.5 Å². The molecule has 3 heterocycles. The van der Waals surface area contributed by atoms with Gasteiger partial charge >= 0.3 is 12.2 Å². The van der Waals surface area contributed by atoms with Gasteiger partial charge in [-0.15, -0.1) is 0 Å². The molecular formula is C24H24F3N3O4. The lowest BCUT2D eigenvalue weighted by Gasteiger charge is -2.46. The van der Waals surface area contributed by atoms with Crippen LogP contribution in [0.4, 0.5) is 18.0 Å². The van der Waals surface area contributed by atoms with E-state index < -0.39 is 11.7 Å². The topological polar surface area (TPSA) is 71.1 Å². The molecule has 3 fully saturated rings. The lowest BCUT2D eigenvalue weighted by Crippen LogP contribution is -2.63. The number of carbonyl (C=O) groups is 2. The van der Waals surface area contributed by atoms with Crippen molar-refractivity contribution in [3.63, 3.8) is 0 Å². The molecular weight excluding hydrogens is 451 g/mol. The van der Waals surface area contributed by atoms with E-state index in [1.807, 2.05) is 12.1 Å². The number of rotatable bonds is 3. The first-order chi connectivity index (χ1) is 16.3. The number of fused-ring (bicyclic) bond motifs is 1. The van der Waals surface area contributed by atoms with Crippen molar-refractivity contribution >= 4 is 11.9 Å². The van der Waals surface area contributed by atoms with E-state index in [0.29, 0.717) is 38.3 Å². The Bertz CT molecular complexity index is 1070. The van der Waals surface area contributed by atoms with Crippen LogP contribution in [0.25, 0.3) is 0 Å². The molecule has 0 spiro atoms. The third kappa shape index (κ3) is 4.68. The zero-order valence-electron chi connectivity index (χ0n) is 18.3. The fourth-order valence-corrected chi connectivity index (χ4v) is 4.60. The van der Waals surface area contributed by atoms with Gasteiger partial charge in [0.1, 0.15) is 18.1 Å². The first-order valence-electron chi connectivity index (χ1n) is 11.2. The summed E-state index contributed by atoms with van der Waals surface area (Å²) in [5, 5.41) is 2.90. The maximum absolute atomic E-state index is 12.9. The second-order valence-electron chi connectivity index (χ2n) is 8.84. The van der Waals surface area contributed by atoms with Gasteiger partial charge < -0.3 is 24.6 Å². The van der Waals surface area contributed by atoms with E-state index in [1.165, 1.54) is 12.1 Å². The van der Waals surface area contributed by atoms with E-state index in [1.54, 1.807) is 21.9 Å². The molecule has 2 atom stereocenters. The Morgan fingerprint density at radius 2 is 1.79 bits per heavy atom. The van der Waals surface area contributed by atoms with Gasteiger partial charge in [0.2, 0.25) is 5.91 Å². The maximum atomic E-state index is 12.9. The van der Waals surface area contributed by atoms with E-state index >= 15 is 0 Å². The summed E-state index contributed by atoms with van der Waals surface area (Å²) in [6.07, 6.45) is -3.77. The summed E-state index contributed by atoms with van der Waals surface area (Å²) in [4.78, 5) is 28.0. The number of likely N-dealkylation sites (tertiary alicyclic amines) is 2. The van der Waals surface area contributed by atoms with Gasteiger partial charge in [0.25, 0.3) is 0 Å². The smallest absolute Gasteiger partial charge is 0.416 e. The molecule has 3 amide bonds. The maximum Gasteiger partial charge on any atom is 0.416 e. The molecule has 10 heteroatoms. The lowest BCUT2D eigenvalue weighted by atomic mass is 9.91. The summed E-state index contributed by atoms with van der Waals surface area (Å²) in [5.74, 6) is 0.586. The molecule has 2 aromatic carbocycles. The summed E-state index contributed by atoms with van der Waals surface area (Å²) in [7, 11) is 0. The molecule has 0 radical (unpaired) electrons. The van der Waals surface area contributed by atoms with Crippen molar-refractivity contribution in [3.8, 4) is 11.5 Å². The predicted molar refractivity (Wildman–Crippen MR) is 116 cm³/mol. The summed E-state index contributed by atoms with van der Waals surface area (Å²) in [6.45, 7) is 2.28. The lowest BCUT2D eigenvalue weighted by molar-refractivity contribution is -0.140. The number of nitrogens with one attached hydrogen (secondary N) is 1. The molecule has 3 aliphatic heterocycles. The molecule has 0 saturated carbocycles. The molecule has 0 aliphatic carbocycles. The number of piperidine rings is 1. The number of amides is 3. The zero-order valence-corrected chi connectivity index (χ0v) is 18.3. The molecule has 0 unspecified atom stereocenters. The average Bonchev–Trinajstić information content (AvgIpc) is 2.78. The molecule has 180 valence electrons. The molecule has 0 aromatic heterocycles. The number of morpholine rings is 1. The van der Waals surface area contributed by atoms with E-state index in [-0.39, 0.29) is 42.4 Å². The molecule has 34 heavy (non-hydrogen) atoms. The molecule has 3 aliphatic rings. The first-order valence-corrected chi connectivity index (χ1v) is 11.2. The van der Waals surface area contributed by atoms with Gasteiger partial charge in [-0.05, 0) is 42.3 Å². The van der Waals surface area contributed by atoms with Crippen LogP contribution in [-0.4, -0.2) is 66.7 Å². The van der Waals surface area contributed by atoms with Gasteiger partial charge in [-0.3, -0.25) is 4.79 Å². The second kappa shape index (κ2) is 8.83. The molecule has 0 bridgehead atoms. The SMILES string of the molecule is O=C1CO[C@H]2CCN(C(=O)N3CC(c4ccc(Oc5cccc(C(F)(F)F)c5)cc4)C3)C[C@H]2N1. The Morgan fingerprint density at radius 3 is 2.53 bits per heavy atom. The highest BCUT2D eigenvalue weighted by Crippen LogP contribution is 2.34. The van der Waals surface area contributed by atoms with Crippen LogP contribution in [0.1, 0.15) is 23.5 Å². The molecule has 1 N–H and O–H groups in total. The highest BCUT2D eigenvalue weighted by atomic mass is 19.4. The van der Waals surface area contributed by atoms with Crippen molar-refractivity contribution in [1.29, 1.82) is 0 Å². The third-order valence-corrected chi connectivity index (χ3v) is 6.50. The van der Waals surface area contributed by atoms with Crippen LogP contribution in [-0.2, 0) is 15.7 Å². The van der Waals surface area contributed by atoms with Crippen molar-refractivity contribution in [2.24, 2.45) is 0 Å². The van der Waals surface area contributed by atoms with Crippen LogP contribution in [0.2, 0.25) is 0 Å². The average molecular weight is 475 g/mol. The summed E-state index contributed by atoms with van der Waals surface area (Å²) >= 11 is 0. The van der Waals surface area contributed by atoms with Gasteiger partial charge in [0.05, 0.1) is 17.7 Å². The van der Waals surface area contributed by atoms with Gasteiger partial charge in [-0.25, -0.2) is 4.79 Å². The number of alkyl halides is 3. The van der Waals surface area contributed by atoms with Crippen molar-refractivity contribution in [3.05, 3.63) is 59.7 Å². The van der Waals surface area contributed by atoms with Gasteiger partial charge in [0, 0.05) is 32.1 Å². The van der Waals surface area contributed by atoms with Crippen molar-refractivity contribution in [2.45, 2.75) is 30.7 Å². The minimum atomic E-state index is -4.43. The summed E-state index contributed by atoms with van der Waals surface area (Å²) < 4.78 is 49.8. The number of hydrogen-bond donors (Lipinski definition) is 1. The number of carbonyl (C=O) groups excluding carboxylic acids is 2. The fourth-order valence-electron chi connectivity index (χ4n) is 4.60. The second-order valence-corrected chi connectivity index (χ2v) is 8.84. The fraction of sp³-hybridized carbons (Fsp3) is 0.417. The first kappa shape index (κ1) is 22.5. The standard InChI is InChI=1S/C24H24F3N3O4/c25-24(26,27)17-2-1-3-19(10-17)34-18-6-4-15(5-7-18)16-11-30(12-16)23(32)29-9-8-21-20(13-29)28-22(31)14-33-21/h1-7,10,16,20-21H,8-9,11-14H2,(H,28,31)/t20-,21+/m1/s1. The number of halogens is 3. The minimum Gasteiger partial charge on any atom is -0.457 e. The number of nitrogens with zero attached hydrogens (tertiary/aromatic N) is 2. The van der Waals surface area contributed by atoms with Gasteiger partial charge in [-0.1, -0.05) is 18.2 Å². The Balaban J connectivity index is 1.14. The third-order valence-electron chi connectivity index (χ3n) is 6.50. The van der Waals surface area contributed by atoms with E-state index in [0.717, 1.165) is 17.7 Å². The predicted octanol–water partition coefficient (Wildman–Crippen LogP) is 3.61. The van der Waals surface area contributed by atoms with Crippen LogP contribution >= 0.6 is 0 Å². The van der Waals surface area contributed by atoms with Gasteiger partial charge in [0.15, 0.2) is 0 Å². The van der Waals surface area contributed by atoms with Crippen LogP contribution in [0, 0.1) is 0 Å². The van der Waals surface area contributed by atoms with Crippen molar-refractivity contribution in [2.75, 3.05) is 32.8 Å². The Kier molecular flexibility index (Phi) is 5.85. The Hall–Kier alpha value is -3.27. The number of ether oxygens (including phenoxy) is 2.